The van der Waals surface area contributed by atoms with Crippen molar-refractivity contribution in [3.63, 3.8) is 0 Å². The van der Waals surface area contributed by atoms with Crippen LogP contribution in [0.3, 0.4) is 0 Å². The highest BCUT2D eigenvalue weighted by Crippen LogP contribution is 2.31. The van der Waals surface area contributed by atoms with Crippen LogP contribution in [0.15, 0.2) is 58.9 Å². The number of likely N-dealkylation sites (tertiary alicyclic amines) is 1. The first-order valence-electron chi connectivity index (χ1n) is 13.9. The van der Waals surface area contributed by atoms with Crippen molar-refractivity contribution < 1.29 is 19.5 Å². The molecule has 2 aliphatic rings. The molecule has 216 valence electrons. The number of aliphatic hydroxyl groups is 1. The number of benzene rings is 2. The molecule has 0 radical (unpaired) electrons. The fraction of sp³-hybridized carbons (Fsp3) is 0.400. The fourth-order valence-corrected chi connectivity index (χ4v) is 7.02. The van der Waals surface area contributed by atoms with Crippen LogP contribution in [0.1, 0.15) is 51.6 Å². The quantitative estimate of drug-likeness (QED) is 0.362. The van der Waals surface area contributed by atoms with Gasteiger partial charge < -0.3 is 14.9 Å². The van der Waals surface area contributed by atoms with Gasteiger partial charge in [-0.05, 0) is 54.8 Å². The molecule has 0 spiro atoms. The lowest BCUT2D eigenvalue weighted by molar-refractivity contribution is -0.130. The van der Waals surface area contributed by atoms with Gasteiger partial charge in [-0.2, -0.15) is 0 Å². The second-order valence-corrected chi connectivity index (χ2v) is 12.7. The van der Waals surface area contributed by atoms with Crippen molar-refractivity contribution in [1.29, 1.82) is 0 Å². The van der Waals surface area contributed by atoms with Gasteiger partial charge in [-0.1, -0.05) is 35.6 Å². The Morgan fingerprint density at radius 2 is 1.76 bits per heavy atom. The SMILES string of the molecule is CC(=O)N1CCN(C(=O)c2cccc(CSc3cnc(NC(=O)c4ccc(CN5CCCC5CO)cc4)s3)c2)CC1. The van der Waals surface area contributed by atoms with Crippen molar-refractivity contribution in [3.8, 4) is 0 Å². The zero-order valence-electron chi connectivity index (χ0n) is 23.1. The molecule has 0 aliphatic carbocycles. The first kappa shape index (κ1) is 29.2. The number of piperazine rings is 1. The molecule has 2 aliphatic heterocycles. The van der Waals surface area contributed by atoms with E-state index in [2.05, 4.69) is 15.2 Å². The van der Waals surface area contributed by atoms with Crippen LogP contribution in [-0.2, 0) is 17.1 Å². The van der Waals surface area contributed by atoms with E-state index >= 15 is 0 Å². The number of aliphatic hydroxyl groups excluding tert-OH is 1. The Labute approximate surface area is 248 Å². The molecule has 2 fully saturated rings. The number of nitrogens with one attached hydrogen (secondary N) is 1. The average Bonchev–Trinajstić information content (AvgIpc) is 3.65. The van der Waals surface area contributed by atoms with E-state index in [9.17, 15) is 19.5 Å². The van der Waals surface area contributed by atoms with Gasteiger partial charge in [-0.15, -0.1) is 11.8 Å². The maximum atomic E-state index is 13.0. The van der Waals surface area contributed by atoms with Gasteiger partial charge in [0.1, 0.15) is 0 Å². The number of thiazole rings is 1. The van der Waals surface area contributed by atoms with Gasteiger partial charge in [0.25, 0.3) is 11.8 Å². The number of anilines is 1. The maximum Gasteiger partial charge on any atom is 0.257 e. The van der Waals surface area contributed by atoms with Crippen LogP contribution in [0.5, 0.6) is 0 Å². The lowest BCUT2D eigenvalue weighted by atomic mass is 10.1. The molecular weight excluding hydrogens is 558 g/mol. The van der Waals surface area contributed by atoms with Gasteiger partial charge in [0, 0.05) is 62.6 Å². The van der Waals surface area contributed by atoms with Crippen molar-refractivity contribution in [2.75, 3.05) is 44.6 Å². The average molecular weight is 594 g/mol. The summed E-state index contributed by atoms with van der Waals surface area (Å²) >= 11 is 3.03. The number of rotatable bonds is 9. The van der Waals surface area contributed by atoms with Crippen LogP contribution in [0.4, 0.5) is 5.13 Å². The smallest absolute Gasteiger partial charge is 0.257 e. The molecule has 3 aromatic rings. The molecule has 2 N–H and O–H groups in total. The first-order chi connectivity index (χ1) is 19.9. The molecule has 0 saturated carbocycles. The summed E-state index contributed by atoms with van der Waals surface area (Å²) in [6, 6.07) is 15.5. The Morgan fingerprint density at radius 1 is 1.00 bits per heavy atom. The number of hydrogen-bond donors (Lipinski definition) is 2. The zero-order valence-corrected chi connectivity index (χ0v) is 24.8. The predicted molar refractivity (Wildman–Crippen MR) is 161 cm³/mol. The number of thioether (sulfide) groups is 1. The lowest BCUT2D eigenvalue weighted by Gasteiger charge is -2.34. The Balaban J connectivity index is 1.11. The second kappa shape index (κ2) is 13.6. The van der Waals surface area contributed by atoms with E-state index in [4.69, 9.17) is 0 Å². The minimum Gasteiger partial charge on any atom is -0.395 e. The van der Waals surface area contributed by atoms with Gasteiger partial charge in [-0.3, -0.25) is 24.6 Å². The maximum absolute atomic E-state index is 13.0. The Morgan fingerprint density at radius 3 is 2.49 bits per heavy atom. The molecule has 1 aromatic heterocycles. The van der Waals surface area contributed by atoms with Gasteiger partial charge in [0.2, 0.25) is 5.91 Å². The standard InChI is InChI=1S/C30H35N5O4S2/c1-21(37)33-12-14-34(15-13-33)29(39)25-5-2-4-23(16-25)20-40-27-17-31-30(41-27)32-28(38)24-9-7-22(8-10-24)18-35-11-3-6-26(35)19-36/h2,4-5,7-10,16-17,26,36H,3,6,11-15,18-20H2,1H3,(H,31,32,38). The molecular formula is C30H35N5O4S2. The number of hydrogen-bond acceptors (Lipinski definition) is 8. The van der Waals surface area contributed by atoms with E-state index in [-0.39, 0.29) is 30.4 Å². The molecule has 2 saturated heterocycles. The summed E-state index contributed by atoms with van der Waals surface area (Å²) in [7, 11) is 0. The molecule has 3 heterocycles. The van der Waals surface area contributed by atoms with Crippen molar-refractivity contribution >= 4 is 46.0 Å². The van der Waals surface area contributed by atoms with E-state index in [0.717, 1.165) is 41.3 Å². The summed E-state index contributed by atoms with van der Waals surface area (Å²) in [5.41, 5.74) is 3.37. The summed E-state index contributed by atoms with van der Waals surface area (Å²) in [5.74, 6) is 0.500. The molecule has 1 atom stereocenters. The number of carbonyl (C=O) groups excluding carboxylic acids is 3. The summed E-state index contributed by atoms with van der Waals surface area (Å²) in [6.07, 6.45) is 3.89. The highest BCUT2D eigenvalue weighted by atomic mass is 32.2. The Bertz CT molecular complexity index is 1370. The van der Waals surface area contributed by atoms with Gasteiger partial charge >= 0.3 is 0 Å². The number of nitrogens with zero attached hydrogens (tertiary/aromatic N) is 4. The van der Waals surface area contributed by atoms with E-state index < -0.39 is 0 Å². The summed E-state index contributed by atoms with van der Waals surface area (Å²) < 4.78 is 0.969. The van der Waals surface area contributed by atoms with Crippen LogP contribution in [-0.4, -0.2) is 87.9 Å². The van der Waals surface area contributed by atoms with E-state index in [0.29, 0.717) is 48.2 Å². The minimum atomic E-state index is -0.202. The molecule has 2 aromatic carbocycles. The third kappa shape index (κ3) is 7.53. The molecule has 5 rings (SSSR count). The summed E-state index contributed by atoms with van der Waals surface area (Å²) in [4.78, 5) is 47.6. The Hall–Kier alpha value is -3.25. The molecule has 3 amide bonds. The minimum absolute atomic E-state index is 0.0127. The molecule has 9 nitrogen and oxygen atoms in total. The van der Waals surface area contributed by atoms with Crippen LogP contribution < -0.4 is 5.32 Å². The van der Waals surface area contributed by atoms with E-state index in [1.807, 2.05) is 48.5 Å². The monoisotopic (exact) mass is 593 g/mol. The van der Waals surface area contributed by atoms with Crippen molar-refractivity contribution in [3.05, 3.63) is 77.0 Å². The third-order valence-corrected chi connectivity index (χ3v) is 9.76. The van der Waals surface area contributed by atoms with Crippen molar-refractivity contribution in [2.45, 2.75) is 42.3 Å². The Kier molecular flexibility index (Phi) is 9.71. The van der Waals surface area contributed by atoms with Crippen LogP contribution in [0.2, 0.25) is 0 Å². The van der Waals surface area contributed by atoms with Crippen LogP contribution in [0, 0.1) is 0 Å². The molecule has 1 unspecified atom stereocenters. The van der Waals surface area contributed by atoms with Crippen LogP contribution in [0.25, 0.3) is 0 Å². The van der Waals surface area contributed by atoms with Crippen molar-refractivity contribution in [2.24, 2.45) is 0 Å². The molecule has 41 heavy (non-hydrogen) atoms. The van der Waals surface area contributed by atoms with Crippen LogP contribution >= 0.6 is 23.1 Å². The third-order valence-electron chi connectivity index (χ3n) is 7.58. The normalized spacial score (nSPS) is 17.6. The van der Waals surface area contributed by atoms with Crippen molar-refractivity contribution in [1.82, 2.24) is 19.7 Å². The van der Waals surface area contributed by atoms with E-state index in [1.165, 1.54) is 11.3 Å². The topological polar surface area (TPSA) is 106 Å². The van der Waals surface area contributed by atoms with Gasteiger partial charge in [0.05, 0.1) is 17.0 Å². The highest BCUT2D eigenvalue weighted by molar-refractivity contribution is 8.00. The summed E-state index contributed by atoms with van der Waals surface area (Å²) in [6.45, 7) is 5.72. The predicted octanol–water partition coefficient (Wildman–Crippen LogP) is 3.95. The van der Waals surface area contributed by atoms with E-state index in [1.54, 1.807) is 34.7 Å². The number of carbonyl (C=O) groups is 3. The van der Waals surface area contributed by atoms with Gasteiger partial charge in [0.15, 0.2) is 5.13 Å². The fourth-order valence-electron chi connectivity index (χ4n) is 5.21. The van der Waals surface area contributed by atoms with Gasteiger partial charge in [-0.25, -0.2) is 4.98 Å². The largest absolute Gasteiger partial charge is 0.395 e. The zero-order chi connectivity index (χ0) is 28.8. The molecule has 0 bridgehead atoms. The number of aromatic nitrogens is 1. The first-order valence-corrected chi connectivity index (χ1v) is 15.7. The molecule has 11 heteroatoms. The highest BCUT2D eigenvalue weighted by Gasteiger charge is 2.24. The lowest BCUT2D eigenvalue weighted by Crippen LogP contribution is -2.50. The second-order valence-electron chi connectivity index (χ2n) is 10.4. The number of amides is 3. The summed E-state index contributed by atoms with van der Waals surface area (Å²) in [5, 5.41) is 13.0.